The Morgan fingerprint density at radius 3 is 2.71 bits per heavy atom. The molecule has 1 aromatic carbocycles. The summed E-state index contributed by atoms with van der Waals surface area (Å²) in [6, 6.07) is 11.4. The van der Waals surface area contributed by atoms with Crippen LogP contribution in [-0.2, 0) is 4.79 Å². The summed E-state index contributed by atoms with van der Waals surface area (Å²) in [4.78, 5) is 12.7. The van der Waals surface area contributed by atoms with Crippen molar-refractivity contribution in [3.63, 3.8) is 0 Å². The minimum Gasteiger partial charge on any atom is -0.299 e. The second kappa shape index (κ2) is 9.42. The number of thioether (sulfide) groups is 1. The quantitative estimate of drug-likeness (QED) is 0.208. The molecule has 1 heterocycles. The number of halogens is 1. The molecule has 2 rings (SSSR count). The Balaban J connectivity index is 2.17. The fourth-order valence-corrected chi connectivity index (χ4v) is 3.71. The predicted octanol–water partition coefficient (Wildman–Crippen LogP) is 6.12. The van der Waals surface area contributed by atoms with Crippen LogP contribution >= 0.6 is 34.7 Å². The summed E-state index contributed by atoms with van der Waals surface area (Å²) in [6.45, 7) is 1.87. The fraction of sp³-hybridized carbons (Fsp3) is 0.0526. The number of benzene rings is 1. The van der Waals surface area contributed by atoms with Crippen molar-refractivity contribution in [1.82, 2.24) is 0 Å². The highest BCUT2D eigenvalue weighted by atomic mass is 35.5. The molecule has 122 valence electrons. The number of rotatable bonds is 7. The van der Waals surface area contributed by atoms with E-state index >= 15 is 0 Å². The van der Waals surface area contributed by atoms with Crippen LogP contribution in [-0.4, -0.2) is 12.0 Å². The predicted molar refractivity (Wildman–Crippen MR) is 106 cm³/mol. The van der Waals surface area contributed by atoms with Gasteiger partial charge < -0.3 is 0 Å². The van der Waals surface area contributed by atoms with Gasteiger partial charge in [-0.25, -0.2) is 0 Å². The maximum atomic E-state index is 10.9. The van der Waals surface area contributed by atoms with Gasteiger partial charge in [-0.05, 0) is 30.5 Å². The van der Waals surface area contributed by atoms with E-state index in [4.69, 9.17) is 17.0 Å². The van der Waals surface area contributed by atoms with Gasteiger partial charge in [0.15, 0.2) is 0 Å². The van der Waals surface area contributed by atoms with Crippen LogP contribution in [0.2, 0.25) is 4.34 Å². The normalized spacial score (nSPS) is 12.2. The molecule has 2 nitrogen and oxygen atoms in total. The van der Waals surface area contributed by atoms with Crippen LogP contribution in [0.15, 0.2) is 76.6 Å². The van der Waals surface area contributed by atoms with E-state index in [0.717, 1.165) is 21.6 Å². The summed E-state index contributed by atoms with van der Waals surface area (Å²) in [7, 11) is 0. The van der Waals surface area contributed by atoms with Crippen LogP contribution in [0.5, 0.6) is 0 Å². The maximum Gasteiger partial charge on any atom is 0.150 e. The van der Waals surface area contributed by atoms with Gasteiger partial charge in [-0.15, -0.1) is 11.3 Å². The van der Waals surface area contributed by atoms with E-state index in [1.807, 2.05) is 54.8 Å². The number of nitrogens with one attached hydrogen (secondary N) is 1. The van der Waals surface area contributed by atoms with Crippen LogP contribution < -0.4 is 0 Å². The van der Waals surface area contributed by atoms with Gasteiger partial charge in [0.1, 0.15) is 6.29 Å². The lowest BCUT2D eigenvalue weighted by molar-refractivity contribution is -0.104. The van der Waals surface area contributed by atoms with Crippen molar-refractivity contribution >= 4 is 46.7 Å². The Hall–Kier alpha value is -1.88. The van der Waals surface area contributed by atoms with Gasteiger partial charge in [0, 0.05) is 16.0 Å². The molecule has 2 aromatic rings. The third kappa shape index (κ3) is 5.06. The summed E-state index contributed by atoms with van der Waals surface area (Å²) in [5.74, 6) is 0. The Bertz CT molecular complexity index is 818. The summed E-state index contributed by atoms with van der Waals surface area (Å²) in [5, 5.41) is 10.3. The third-order valence-electron chi connectivity index (χ3n) is 3.03. The summed E-state index contributed by atoms with van der Waals surface area (Å²) in [5.41, 5.74) is 1.93. The van der Waals surface area contributed by atoms with Crippen LogP contribution in [0.4, 0.5) is 0 Å². The molecule has 0 saturated heterocycles. The van der Waals surface area contributed by atoms with E-state index in [1.54, 1.807) is 18.2 Å². The molecular formula is C19H16ClNOS2. The minimum absolute atomic E-state index is 0.460. The van der Waals surface area contributed by atoms with E-state index in [1.165, 1.54) is 23.1 Å². The van der Waals surface area contributed by atoms with Crippen molar-refractivity contribution in [3.05, 3.63) is 86.5 Å². The van der Waals surface area contributed by atoms with E-state index in [0.29, 0.717) is 15.6 Å². The smallest absolute Gasteiger partial charge is 0.150 e. The number of allylic oxidation sites excluding steroid dienone is 5. The largest absolute Gasteiger partial charge is 0.299 e. The fourth-order valence-electron chi connectivity index (χ4n) is 1.95. The first kappa shape index (κ1) is 18.5. The molecule has 0 spiro atoms. The molecule has 0 radical (unpaired) electrons. The molecule has 24 heavy (non-hydrogen) atoms. The monoisotopic (exact) mass is 373 g/mol. The maximum absolute atomic E-state index is 10.9. The van der Waals surface area contributed by atoms with Gasteiger partial charge in [0.05, 0.1) is 14.9 Å². The van der Waals surface area contributed by atoms with Crippen LogP contribution in [0.1, 0.15) is 17.4 Å². The molecule has 0 aliphatic rings. The standard InChI is InChI=1S/C19H16ClNOS2/c1-2-6-14(13-22)7-5-12-23-16-9-4-3-8-15(16)19(21)17-10-11-18(20)24-17/h2-13,21H,1H3/b6-2-,12-5+,14-7+,21-19?. The first-order valence-corrected chi connectivity index (χ1v) is 9.28. The first-order valence-electron chi connectivity index (χ1n) is 7.20. The molecule has 0 aliphatic carbocycles. The zero-order valence-corrected chi connectivity index (χ0v) is 15.4. The van der Waals surface area contributed by atoms with Crippen LogP contribution in [0, 0.1) is 5.41 Å². The van der Waals surface area contributed by atoms with E-state index in [2.05, 4.69) is 0 Å². The minimum atomic E-state index is 0.460. The molecular weight excluding hydrogens is 358 g/mol. The van der Waals surface area contributed by atoms with Gasteiger partial charge in [0.25, 0.3) is 0 Å². The highest BCUT2D eigenvalue weighted by Crippen LogP contribution is 2.29. The van der Waals surface area contributed by atoms with Crippen molar-refractivity contribution in [2.45, 2.75) is 11.8 Å². The highest BCUT2D eigenvalue weighted by molar-refractivity contribution is 8.02. The van der Waals surface area contributed by atoms with Gasteiger partial charge in [0.2, 0.25) is 0 Å². The van der Waals surface area contributed by atoms with Gasteiger partial charge in [-0.3, -0.25) is 10.2 Å². The van der Waals surface area contributed by atoms with Crippen molar-refractivity contribution in [3.8, 4) is 0 Å². The lowest BCUT2D eigenvalue weighted by Crippen LogP contribution is -2.00. The molecule has 0 aliphatic heterocycles. The number of hydrogen-bond acceptors (Lipinski definition) is 4. The third-order valence-corrected chi connectivity index (χ3v) is 5.19. The molecule has 0 fully saturated rings. The average molecular weight is 374 g/mol. The lowest BCUT2D eigenvalue weighted by atomic mass is 10.1. The Morgan fingerprint density at radius 1 is 1.25 bits per heavy atom. The van der Waals surface area contributed by atoms with Gasteiger partial charge in [-0.2, -0.15) is 0 Å². The number of thiophene rings is 1. The SMILES string of the molecule is C\C=C/C(C=O)=C\C=C\Sc1ccccc1C(=N)c1ccc(Cl)s1. The van der Waals surface area contributed by atoms with E-state index in [9.17, 15) is 4.79 Å². The van der Waals surface area contributed by atoms with E-state index in [-0.39, 0.29) is 0 Å². The van der Waals surface area contributed by atoms with Crippen molar-refractivity contribution in [2.75, 3.05) is 0 Å². The summed E-state index contributed by atoms with van der Waals surface area (Å²) >= 11 is 8.88. The molecule has 0 saturated carbocycles. The topological polar surface area (TPSA) is 40.9 Å². The van der Waals surface area contributed by atoms with Gasteiger partial charge >= 0.3 is 0 Å². The van der Waals surface area contributed by atoms with Crippen molar-refractivity contribution in [1.29, 1.82) is 5.41 Å². The molecule has 0 bridgehead atoms. The number of aldehydes is 1. The summed E-state index contributed by atoms with van der Waals surface area (Å²) in [6.07, 6.45) is 7.99. The lowest BCUT2D eigenvalue weighted by Gasteiger charge is -2.07. The van der Waals surface area contributed by atoms with Crippen LogP contribution in [0.25, 0.3) is 0 Å². The molecule has 0 unspecified atom stereocenters. The number of hydrogen-bond donors (Lipinski definition) is 1. The Kier molecular flexibility index (Phi) is 7.25. The number of carbonyl (C=O) groups is 1. The molecule has 1 N–H and O–H groups in total. The summed E-state index contributed by atoms with van der Waals surface area (Å²) < 4.78 is 0.676. The Morgan fingerprint density at radius 2 is 2.04 bits per heavy atom. The Labute approximate surface area is 155 Å². The average Bonchev–Trinajstić information content (AvgIpc) is 3.04. The first-order chi connectivity index (χ1) is 11.7. The van der Waals surface area contributed by atoms with Gasteiger partial charge in [-0.1, -0.05) is 65.9 Å². The second-order valence-electron chi connectivity index (χ2n) is 4.71. The van der Waals surface area contributed by atoms with E-state index < -0.39 is 0 Å². The molecule has 5 heteroatoms. The zero-order chi connectivity index (χ0) is 17.4. The zero-order valence-electron chi connectivity index (χ0n) is 13.0. The molecule has 0 atom stereocenters. The molecule has 1 aromatic heterocycles. The van der Waals surface area contributed by atoms with Crippen LogP contribution in [0.3, 0.4) is 0 Å². The highest BCUT2D eigenvalue weighted by Gasteiger charge is 2.11. The number of carbonyl (C=O) groups excluding carboxylic acids is 1. The van der Waals surface area contributed by atoms with Crippen molar-refractivity contribution in [2.24, 2.45) is 0 Å². The van der Waals surface area contributed by atoms with Crippen molar-refractivity contribution < 1.29 is 4.79 Å². The second-order valence-corrected chi connectivity index (χ2v) is 7.37. The molecule has 0 amide bonds.